The second-order valence-electron chi connectivity index (χ2n) is 6.08. The van der Waals surface area contributed by atoms with E-state index < -0.39 is 0 Å². The molecular weight excluding hydrogens is 234 g/mol. The number of benzene rings is 1. The molecule has 1 heterocycles. The maximum atomic E-state index is 3.97. The van der Waals surface area contributed by atoms with Gasteiger partial charge >= 0.3 is 0 Å². The summed E-state index contributed by atoms with van der Waals surface area (Å²) in [6, 6.07) is 9.16. The summed E-state index contributed by atoms with van der Waals surface area (Å²) in [4.78, 5) is 0. The van der Waals surface area contributed by atoms with Crippen molar-refractivity contribution in [2.75, 3.05) is 0 Å². The number of rotatable bonds is 4. The normalized spacial score (nSPS) is 13.5. The molecular formula is C16H23N3. The Hall–Kier alpha value is -1.61. The van der Waals surface area contributed by atoms with E-state index >= 15 is 0 Å². The molecule has 0 saturated heterocycles. The lowest BCUT2D eigenvalue weighted by molar-refractivity contribution is 0.572. The standard InChI is InChI=1S/C16H23N3/c1-12(14-10-18-19-11-14)17-9-13-5-7-15(8-6-13)16(2,3)4/h5-8,10-12,17H,9H2,1-4H3,(H,18,19). The third-order valence-electron chi connectivity index (χ3n) is 3.45. The van der Waals surface area contributed by atoms with Crippen LogP contribution in [0, 0.1) is 0 Å². The predicted octanol–water partition coefficient (Wildman–Crippen LogP) is 3.56. The van der Waals surface area contributed by atoms with Crippen LogP contribution in [0.25, 0.3) is 0 Å². The SMILES string of the molecule is CC(NCc1ccc(C(C)(C)C)cc1)c1cn[nH]c1. The molecule has 1 aromatic carbocycles. The third kappa shape index (κ3) is 3.67. The van der Waals surface area contributed by atoms with E-state index in [1.807, 2.05) is 12.4 Å². The van der Waals surface area contributed by atoms with E-state index in [2.05, 4.69) is 67.5 Å². The number of H-pyrrole nitrogens is 1. The highest BCUT2D eigenvalue weighted by molar-refractivity contribution is 5.27. The fraction of sp³-hybridized carbons (Fsp3) is 0.438. The zero-order valence-electron chi connectivity index (χ0n) is 12.2. The van der Waals surface area contributed by atoms with E-state index in [1.54, 1.807) is 0 Å². The average Bonchev–Trinajstić information content (AvgIpc) is 2.89. The molecule has 3 heteroatoms. The van der Waals surface area contributed by atoms with Crippen molar-refractivity contribution in [1.82, 2.24) is 15.5 Å². The maximum Gasteiger partial charge on any atom is 0.0534 e. The first-order valence-electron chi connectivity index (χ1n) is 6.78. The van der Waals surface area contributed by atoms with E-state index in [-0.39, 0.29) is 5.41 Å². The highest BCUT2D eigenvalue weighted by Gasteiger charge is 2.13. The van der Waals surface area contributed by atoms with Gasteiger partial charge in [0.1, 0.15) is 0 Å². The Morgan fingerprint density at radius 1 is 1.21 bits per heavy atom. The van der Waals surface area contributed by atoms with Gasteiger partial charge in [0.15, 0.2) is 0 Å². The summed E-state index contributed by atoms with van der Waals surface area (Å²) in [5, 5.41) is 10.3. The van der Waals surface area contributed by atoms with Crippen molar-refractivity contribution >= 4 is 0 Å². The van der Waals surface area contributed by atoms with Crippen LogP contribution in [0.5, 0.6) is 0 Å². The molecule has 19 heavy (non-hydrogen) atoms. The van der Waals surface area contributed by atoms with E-state index in [1.165, 1.54) is 16.7 Å². The molecule has 1 unspecified atom stereocenters. The maximum absolute atomic E-state index is 3.97. The topological polar surface area (TPSA) is 40.7 Å². The molecule has 0 radical (unpaired) electrons. The number of nitrogens with one attached hydrogen (secondary N) is 2. The second kappa shape index (κ2) is 5.57. The molecule has 1 aromatic heterocycles. The summed E-state index contributed by atoms with van der Waals surface area (Å²) in [5.41, 5.74) is 4.09. The van der Waals surface area contributed by atoms with Gasteiger partial charge in [0.05, 0.1) is 6.20 Å². The molecule has 0 aliphatic carbocycles. The Morgan fingerprint density at radius 2 is 1.89 bits per heavy atom. The van der Waals surface area contributed by atoms with E-state index in [0.29, 0.717) is 6.04 Å². The van der Waals surface area contributed by atoms with Gasteiger partial charge in [-0.25, -0.2) is 0 Å². The van der Waals surface area contributed by atoms with Crippen molar-refractivity contribution in [3.63, 3.8) is 0 Å². The van der Waals surface area contributed by atoms with Crippen molar-refractivity contribution in [2.24, 2.45) is 0 Å². The molecule has 3 nitrogen and oxygen atoms in total. The van der Waals surface area contributed by atoms with Gasteiger partial charge in [-0.15, -0.1) is 0 Å². The van der Waals surface area contributed by atoms with E-state index in [9.17, 15) is 0 Å². The zero-order chi connectivity index (χ0) is 13.9. The minimum absolute atomic E-state index is 0.218. The fourth-order valence-corrected chi connectivity index (χ4v) is 2.01. The number of hydrogen-bond donors (Lipinski definition) is 2. The Labute approximate surface area is 115 Å². The molecule has 1 atom stereocenters. The van der Waals surface area contributed by atoms with Gasteiger partial charge in [0, 0.05) is 24.3 Å². The van der Waals surface area contributed by atoms with Gasteiger partial charge in [0.25, 0.3) is 0 Å². The average molecular weight is 257 g/mol. The summed E-state index contributed by atoms with van der Waals surface area (Å²) < 4.78 is 0. The molecule has 0 bridgehead atoms. The summed E-state index contributed by atoms with van der Waals surface area (Å²) in [5.74, 6) is 0. The monoisotopic (exact) mass is 257 g/mol. The number of aromatic nitrogens is 2. The lowest BCUT2D eigenvalue weighted by Crippen LogP contribution is -2.18. The summed E-state index contributed by atoms with van der Waals surface area (Å²) >= 11 is 0. The van der Waals surface area contributed by atoms with Gasteiger partial charge in [-0.3, -0.25) is 5.10 Å². The lowest BCUT2D eigenvalue weighted by Gasteiger charge is -2.19. The minimum Gasteiger partial charge on any atom is -0.306 e. The quantitative estimate of drug-likeness (QED) is 0.879. The molecule has 102 valence electrons. The molecule has 2 N–H and O–H groups in total. The van der Waals surface area contributed by atoms with Crippen LogP contribution in [-0.2, 0) is 12.0 Å². The molecule has 0 saturated carbocycles. The molecule has 0 amide bonds. The van der Waals surface area contributed by atoms with Crippen LogP contribution >= 0.6 is 0 Å². The Morgan fingerprint density at radius 3 is 2.42 bits per heavy atom. The lowest BCUT2D eigenvalue weighted by atomic mass is 9.87. The summed E-state index contributed by atoms with van der Waals surface area (Å²) in [6.45, 7) is 9.73. The van der Waals surface area contributed by atoms with Gasteiger partial charge in [-0.05, 0) is 23.5 Å². The van der Waals surface area contributed by atoms with Crippen molar-refractivity contribution in [1.29, 1.82) is 0 Å². The van der Waals surface area contributed by atoms with Crippen LogP contribution < -0.4 is 5.32 Å². The van der Waals surface area contributed by atoms with Crippen LogP contribution in [0.2, 0.25) is 0 Å². The number of hydrogen-bond acceptors (Lipinski definition) is 2. The zero-order valence-corrected chi connectivity index (χ0v) is 12.2. The second-order valence-corrected chi connectivity index (χ2v) is 6.08. The smallest absolute Gasteiger partial charge is 0.0534 e. The van der Waals surface area contributed by atoms with Crippen LogP contribution in [0.4, 0.5) is 0 Å². The first kappa shape index (κ1) is 13.8. The van der Waals surface area contributed by atoms with Crippen molar-refractivity contribution in [3.8, 4) is 0 Å². The van der Waals surface area contributed by atoms with Gasteiger partial charge in [0.2, 0.25) is 0 Å². The van der Waals surface area contributed by atoms with Crippen molar-refractivity contribution < 1.29 is 0 Å². The Kier molecular flexibility index (Phi) is 4.05. The molecule has 0 aliphatic heterocycles. The summed E-state index contributed by atoms with van der Waals surface area (Å²) in [6.07, 6.45) is 3.79. The van der Waals surface area contributed by atoms with E-state index in [0.717, 1.165) is 6.54 Å². The first-order valence-corrected chi connectivity index (χ1v) is 6.78. The molecule has 2 aromatic rings. The highest BCUT2D eigenvalue weighted by Crippen LogP contribution is 2.22. The fourth-order valence-electron chi connectivity index (χ4n) is 2.01. The third-order valence-corrected chi connectivity index (χ3v) is 3.45. The first-order chi connectivity index (χ1) is 8.97. The van der Waals surface area contributed by atoms with Crippen molar-refractivity contribution in [2.45, 2.75) is 45.7 Å². The van der Waals surface area contributed by atoms with Crippen LogP contribution in [0.3, 0.4) is 0 Å². The van der Waals surface area contributed by atoms with Crippen molar-refractivity contribution in [3.05, 3.63) is 53.3 Å². The number of aromatic amines is 1. The minimum atomic E-state index is 0.218. The molecule has 2 rings (SSSR count). The Balaban J connectivity index is 1.93. The van der Waals surface area contributed by atoms with Gasteiger partial charge in [-0.2, -0.15) is 5.10 Å². The largest absolute Gasteiger partial charge is 0.306 e. The van der Waals surface area contributed by atoms with Crippen LogP contribution in [0.1, 0.15) is 50.4 Å². The van der Waals surface area contributed by atoms with Crippen LogP contribution in [0.15, 0.2) is 36.7 Å². The highest BCUT2D eigenvalue weighted by atomic mass is 15.1. The predicted molar refractivity (Wildman–Crippen MR) is 79.0 cm³/mol. The van der Waals surface area contributed by atoms with Gasteiger partial charge < -0.3 is 5.32 Å². The van der Waals surface area contributed by atoms with Gasteiger partial charge in [-0.1, -0.05) is 45.0 Å². The molecule has 0 fully saturated rings. The summed E-state index contributed by atoms with van der Waals surface area (Å²) in [7, 11) is 0. The number of nitrogens with zero attached hydrogens (tertiary/aromatic N) is 1. The van der Waals surface area contributed by atoms with E-state index in [4.69, 9.17) is 0 Å². The van der Waals surface area contributed by atoms with Crippen LogP contribution in [-0.4, -0.2) is 10.2 Å². The molecule has 0 spiro atoms. The molecule has 0 aliphatic rings. The Bertz CT molecular complexity index is 492.